The Hall–Kier alpha value is -7.00. The third-order valence-corrected chi connectivity index (χ3v) is 12.4. The number of para-hydroxylation sites is 1. The molecule has 0 unspecified atom stereocenters. The van der Waals surface area contributed by atoms with Gasteiger partial charge in [0.1, 0.15) is 0 Å². The molecule has 1 heterocycles. The van der Waals surface area contributed by atoms with Gasteiger partial charge in [0.05, 0.1) is 5.69 Å². The van der Waals surface area contributed by atoms with Gasteiger partial charge in [-0.2, -0.15) is 0 Å². The molecule has 10 aromatic carbocycles. The van der Waals surface area contributed by atoms with Crippen molar-refractivity contribution in [2.45, 2.75) is 0 Å². The van der Waals surface area contributed by atoms with E-state index in [1.165, 1.54) is 85.9 Å². The van der Waals surface area contributed by atoms with Crippen molar-refractivity contribution in [2.24, 2.45) is 0 Å². The molecule has 11 aromatic rings. The maximum absolute atomic E-state index is 2.41. The summed E-state index contributed by atoms with van der Waals surface area (Å²) in [6.45, 7) is 0. The number of fused-ring (bicyclic) bond motifs is 8. The Kier molecular flexibility index (Phi) is 7.75. The molecule has 0 atom stereocenters. The molecular weight excluding hydrogens is 695 g/mol. The zero-order valence-corrected chi connectivity index (χ0v) is 31.4. The number of hydrogen-bond donors (Lipinski definition) is 0. The van der Waals surface area contributed by atoms with Crippen molar-refractivity contribution in [3.05, 3.63) is 212 Å². The predicted octanol–water partition coefficient (Wildman–Crippen LogP) is 16.0. The molecule has 0 aliphatic carbocycles. The van der Waals surface area contributed by atoms with Crippen LogP contribution in [0.2, 0.25) is 0 Å². The van der Waals surface area contributed by atoms with Crippen LogP contribution in [0.5, 0.6) is 0 Å². The standard InChI is InChI=1S/C54H35NS/c1-2-14-36(15-3-1)44-19-10-12-24-51(44)55(41-30-26-37(27-31-41)49-34-39-16-4-6-18-43(39)46-21-8-9-22-47(46)49)42-32-28-38(29-33-42)50-35-40-17-5-7-20-45(40)54-53(50)48-23-11-13-25-52(48)56-54/h1-35H. The second kappa shape index (κ2) is 13.4. The minimum absolute atomic E-state index is 1.10. The summed E-state index contributed by atoms with van der Waals surface area (Å²) in [7, 11) is 0. The summed E-state index contributed by atoms with van der Waals surface area (Å²) in [5.41, 5.74) is 10.6. The van der Waals surface area contributed by atoms with Gasteiger partial charge in [0.2, 0.25) is 0 Å². The summed E-state index contributed by atoms with van der Waals surface area (Å²) in [5, 5.41) is 10.3. The lowest BCUT2D eigenvalue weighted by Gasteiger charge is -2.28. The highest BCUT2D eigenvalue weighted by Crippen LogP contribution is 2.46. The molecule has 0 saturated carbocycles. The quantitative estimate of drug-likeness (QED) is 0.154. The number of benzene rings is 10. The summed E-state index contributed by atoms with van der Waals surface area (Å²) >= 11 is 1.89. The van der Waals surface area contributed by atoms with E-state index in [4.69, 9.17) is 0 Å². The van der Waals surface area contributed by atoms with E-state index in [1.807, 2.05) is 11.3 Å². The van der Waals surface area contributed by atoms with Crippen molar-refractivity contribution < 1.29 is 0 Å². The van der Waals surface area contributed by atoms with E-state index in [2.05, 4.69) is 217 Å². The lowest BCUT2D eigenvalue weighted by molar-refractivity contribution is 1.28. The monoisotopic (exact) mass is 729 g/mol. The van der Waals surface area contributed by atoms with E-state index in [0.717, 1.165) is 17.1 Å². The predicted molar refractivity (Wildman–Crippen MR) is 243 cm³/mol. The van der Waals surface area contributed by atoms with Gasteiger partial charge in [-0.3, -0.25) is 0 Å². The summed E-state index contributed by atoms with van der Waals surface area (Å²) < 4.78 is 2.67. The first-order valence-corrected chi connectivity index (χ1v) is 20.0. The molecule has 0 bridgehead atoms. The summed E-state index contributed by atoms with van der Waals surface area (Å²) in [5.74, 6) is 0. The van der Waals surface area contributed by atoms with Crippen LogP contribution < -0.4 is 4.90 Å². The highest BCUT2D eigenvalue weighted by Gasteiger charge is 2.19. The van der Waals surface area contributed by atoms with Crippen LogP contribution in [-0.2, 0) is 0 Å². The number of nitrogens with zero attached hydrogens (tertiary/aromatic N) is 1. The first-order chi connectivity index (χ1) is 27.8. The summed E-state index contributed by atoms with van der Waals surface area (Å²) in [6.07, 6.45) is 0. The van der Waals surface area contributed by atoms with Gasteiger partial charge in [-0.25, -0.2) is 0 Å². The van der Waals surface area contributed by atoms with Crippen molar-refractivity contribution in [3.63, 3.8) is 0 Å². The van der Waals surface area contributed by atoms with Gasteiger partial charge in [-0.1, -0.05) is 164 Å². The van der Waals surface area contributed by atoms with Gasteiger partial charge in [0.15, 0.2) is 0 Å². The van der Waals surface area contributed by atoms with Crippen LogP contribution in [0, 0.1) is 0 Å². The summed E-state index contributed by atoms with van der Waals surface area (Å²) in [4.78, 5) is 2.41. The SMILES string of the molecule is c1ccc(-c2ccccc2N(c2ccc(-c3cc4ccccc4c4ccccc34)cc2)c2ccc(-c3cc4ccccc4c4sc5ccccc5c34)cc2)cc1. The molecule has 56 heavy (non-hydrogen) atoms. The largest absolute Gasteiger partial charge is 0.310 e. The second-order valence-electron chi connectivity index (χ2n) is 14.5. The van der Waals surface area contributed by atoms with Crippen LogP contribution >= 0.6 is 11.3 Å². The van der Waals surface area contributed by atoms with Crippen molar-refractivity contribution in [2.75, 3.05) is 4.90 Å². The molecule has 11 rings (SSSR count). The molecule has 0 saturated heterocycles. The number of hydrogen-bond acceptors (Lipinski definition) is 2. The normalized spacial score (nSPS) is 11.6. The Bertz CT molecular complexity index is 3230. The highest BCUT2D eigenvalue weighted by atomic mass is 32.1. The van der Waals surface area contributed by atoms with Gasteiger partial charge in [0.25, 0.3) is 0 Å². The van der Waals surface area contributed by atoms with E-state index in [9.17, 15) is 0 Å². The van der Waals surface area contributed by atoms with Gasteiger partial charge in [-0.05, 0) is 109 Å². The van der Waals surface area contributed by atoms with Crippen molar-refractivity contribution in [1.82, 2.24) is 0 Å². The molecule has 0 fully saturated rings. The van der Waals surface area contributed by atoms with Crippen molar-refractivity contribution in [3.8, 4) is 33.4 Å². The fourth-order valence-corrected chi connectivity index (χ4v) is 9.88. The molecule has 0 radical (unpaired) electrons. The maximum Gasteiger partial charge on any atom is 0.0540 e. The molecular formula is C54H35NS. The molecule has 2 heteroatoms. The fourth-order valence-electron chi connectivity index (χ4n) is 8.62. The van der Waals surface area contributed by atoms with Crippen LogP contribution in [-0.4, -0.2) is 0 Å². The maximum atomic E-state index is 2.41. The van der Waals surface area contributed by atoms with Crippen LogP contribution in [0.15, 0.2) is 212 Å². The first kappa shape index (κ1) is 32.4. The minimum atomic E-state index is 1.10. The molecule has 0 aliphatic rings. The highest BCUT2D eigenvalue weighted by molar-refractivity contribution is 7.26. The van der Waals surface area contributed by atoms with Gasteiger partial charge < -0.3 is 4.90 Å². The minimum Gasteiger partial charge on any atom is -0.310 e. The smallest absolute Gasteiger partial charge is 0.0540 e. The van der Waals surface area contributed by atoms with Crippen LogP contribution in [0.25, 0.3) is 85.9 Å². The first-order valence-electron chi connectivity index (χ1n) is 19.2. The Balaban J connectivity index is 1.07. The Morgan fingerprint density at radius 3 is 1.55 bits per heavy atom. The molecule has 262 valence electrons. The van der Waals surface area contributed by atoms with E-state index in [0.29, 0.717) is 0 Å². The molecule has 0 N–H and O–H groups in total. The topological polar surface area (TPSA) is 3.24 Å². The zero-order valence-electron chi connectivity index (χ0n) is 30.6. The van der Waals surface area contributed by atoms with Crippen molar-refractivity contribution in [1.29, 1.82) is 0 Å². The van der Waals surface area contributed by atoms with Gasteiger partial charge >= 0.3 is 0 Å². The van der Waals surface area contributed by atoms with Gasteiger partial charge in [0, 0.05) is 37.1 Å². The molecule has 1 nitrogen and oxygen atoms in total. The fraction of sp³-hybridized carbons (Fsp3) is 0. The lowest BCUT2D eigenvalue weighted by atomic mass is 9.93. The van der Waals surface area contributed by atoms with E-state index in [-0.39, 0.29) is 0 Å². The Morgan fingerprint density at radius 1 is 0.321 bits per heavy atom. The molecule has 0 spiro atoms. The molecule has 1 aromatic heterocycles. The lowest BCUT2D eigenvalue weighted by Crippen LogP contribution is -2.11. The molecule has 0 amide bonds. The van der Waals surface area contributed by atoms with Crippen molar-refractivity contribution >= 4 is 80.9 Å². The number of thiophene rings is 1. The number of rotatable bonds is 6. The second-order valence-corrected chi connectivity index (χ2v) is 15.5. The Labute approximate surface area is 330 Å². The van der Waals surface area contributed by atoms with Crippen LogP contribution in [0.1, 0.15) is 0 Å². The number of anilines is 3. The van der Waals surface area contributed by atoms with Gasteiger partial charge in [-0.15, -0.1) is 11.3 Å². The average molecular weight is 730 g/mol. The zero-order chi connectivity index (χ0) is 37.0. The van der Waals surface area contributed by atoms with Crippen LogP contribution in [0.4, 0.5) is 17.1 Å². The molecule has 0 aliphatic heterocycles. The van der Waals surface area contributed by atoms with E-state index < -0.39 is 0 Å². The van der Waals surface area contributed by atoms with Crippen LogP contribution in [0.3, 0.4) is 0 Å². The van der Waals surface area contributed by atoms with E-state index in [1.54, 1.807) is 0 Å². The third-order valence-electron chi connectivity index (χ3n) is 11.2. The summed E-state index contributed by atoms with van der Waals surface area (Å²) in [6, 6.07) is 77.6. The average Bonchev–Trinajstić information content (AvgIpc) is 3.67. The van der Waals surface area contributed by atoms with E-state index >= 15 is 0 Å². The Morgan fingerprint density at radius 2 is 0.821 bits per heavy atom. The third kappa shape index (κ3) is 5.38.